The number of nitrogen functional groups attached to an aromatic ring is 1. The highest BCUT2D eigenvalue weighted by Crippen LogP contribution is 2.20. The van der Waals surface area contributed by atoms with Crippen LogP contribution < -0.4 is 5.73 Å². The molecule has 0 radical (unpaired) electrons. The van der Waals surface area contributed by atoms with E-state index in [4.69, 9.17) is 5.73 Å². The van der Waals surface area contributed by atoms with E-state index < -0.39 is 0 Å². The standard InChI is InChI=1S/C12H14N2O2/c1-8(15)10(9(2)16)7-14-12-6-4-3-5-11(12)13/h3-7,15H,13H2,1-2H3/b10-8+,14-7?. The molecule has 0 heterocycles. The van der Waals surface area contributed by atoms with E-state index in [1.54, 1.807) is 24.3 Å². The van der Waals surface area contributed by atoms with Crippen LogP contribution in [0.25, 0.3) is 0 Å². The average molecular weight is 218 g/mol. The smallest absolute Gasteiger partial charge is 0.164 e. The highest BCUT2D eigenvalue weighted by atomic mass is 16.3. The lowest BCUT2D eigenvalue weighted by atomic mass is 10.2. The zero-order valence-corrected chi connectivity index (χ0v) is 9.27. The minimum absolute atomic E-state index is 0.0502. The molecule has 0 bridgehead atoms. The number of aliphatic imine (C=N–C) groups is 1. The van der Waals surface area contributed by atoms with Crippen LogP contribution >= 0.6 is 0 Å². The van der Waals surface area contributed by atoms with Gasteiger partial charge in [-0.3, -0.25) is 9.79 Å². The van der Waals surface area contributed by atoms with E-state index in [9.17, 15) is 9.90 Å². The van der Waals surface area contributed by atoms with Gasteiger partial charge in [0.25, 0.3) is 0 Å². The first-order valence-corrected chi connectivity index (χ1v) is 4.81. The molecule has 0 unspecified atom stereocenters. The van der Waals surface area contributed by atoms with Crippen molar-refractivity contribution >= 4 is 23.4 Å². The van der Waals surface area contributed by atoms with Gasteiger partial charge >= 0.3 is 0 Å². The fraction of sp³-hybridized carbons (Fsp3) is 0.167. The van der Waals surface area contributed by atoms with Crippen molar-refractivity contribution in [3.05, 3.63) is 35.6 Å². The minimum atomic E-state index is -0.238. The number of rotatable bonds is 3. The van der Waals surface area contributed by atoms with Crippen LogP contribution in [-0.4, -0.2) is 17.1 Å². The number of benzene rings is 1. The number of carbonyl (C=O) groups is 1. The van der Waals surface area contributed by atoms with Gasteiger partial charge in [0.1, 0.15) is 5.76 Å². The van der Waals surface area contributed by atoms with Gasteiger partial charge in [-0.2, -0.15) is 0 Å². The Bertz CT molecular complexity index is 458. The summed E-state index contributed by atoms with van der Waals surface area (Å²) in [4.78, 5) is 15.2. The fourth-order valence-corrected chi connectivity index (χ4v) is 1.18. The first kappa shape index (κ1) is 12.0. The van der Waals surface area contributed by atoms with Crippen LogP contribution in [0.2, 0.25) is 0 Å². The third-order valence-electron chi connectivity index (χ3n) is 2.04. The summed E-state index contributed by atoms with van der Waals surface area (Å²) in [6, 6.07) is 7.05. The quantitative estimate of drug-likeness (QED) is 0.354. The van der Waals surface area contributed by atoms with Crippen molar-refractivity contribution < 1.29 is 9.90 Å². The summed E-state index contributed by atoms with van der Waals surface area (Å²) < 4.78 is 0. The van der Waals surface area contributed by atoms with Crippen molar-refractivity contribution in [2.24, 2.45) is 4.99 Å². The molecule has 0 amide bonds. The van der Waals surface area contributed by atoms with Crippen molar-refractivity contribution in [3.63, 3.8) is 0 Å². The van der Waals surface area contributed by atoms with Crippen LogP contribution in [0.3, 0.4) is 0 Å². The molecule has 0 aliphatic heterocycles. The molecule has 0 aliphatic rings. The number of hydrogen-bond acceptors (Lipinski definition) is 4. The van der Waals surface area contributed by atoms with Crippen LogP contribution in [0.15, 0.2) is 40.6 Å². The van der Waals surface area contributed by atoms with Gasteiger partial charge in [-0.25, -0.2) is 0 Å². The molecule has 84 valence electrons. The number of Topliss-reactive ketones (excluding diaryl/α,β-unsaturated/α-hetero) is 1. The number of aliphatic hydroxyl groups is 1. The summed E-state index contributed by atoms with van der Waals surface area (Å²) in [5, 5.41) is 9.27. The number of allylic oxidation sites excluding steroid dienone is 2. The molecule has 4 nitrogen and oxygen atoms in total. The predicted octanol–water partition coefficient (Wildman–Crippen LogP) is 2.39. The van der Waals surface area contributed by atoms with Crippen LogP contribution in [0, 0.1) is 0 Å². The van der Waals surface area contributed by atoms with Gasteiger partial charge in [0, 0.05) is 6.21 Å². The van der Waals surface area contributed by atoms with Gasteiger partial charge < -0.3 is 10.8 Å². The first-order chi connectivity index (χ1) is 7.52. The van der Waals surface area contributed by atoms with Gasteiger partial charge in [-0.05, 0) is 26.0 Å². The zero-order chi connectivity index (χ0) is 12.1. The first-order valence-electron chi connectivity index (χ1n) is 4.81. The lowest BCUT2D eigenvalue weighted by Crippen LogP contribution is -2.01. The molecule has 0 saturated heterocycles. The van der Waals surface area contributed by atoms with Crippen molar-refractivity contribution in [1.82, 2.24) is 0 Å². The number of aliphatic hydroxyl groups excluding tert-OH is 1. The van der Waals surface area contributed by atoms with Crippen LogP contribution in [0.4, 0.5) is 11.4 Å². The largest absolute Gasteiger partial charge is 0.512 e. The van der Waals surface area contributed by atoms with E-state index in [-0.39, 0.29) is 17.1 Å². The van der Waals surface area contributed by atoms with Gasteiger partial charge in [-0.15, -0.1) is 0 Å². The molecular weight excluding hydrogens is 204 g/mol. The molecular formula is C12H14N2O2. The Morgan fingerprint density at radius 3 is 2.50 bits per heavy atom. The van der Waals surface area contributed by atoms with Crippen molar-refractivity contribution in [2.75, 3.05) is 5.73 Å². The third kappa shape index (κ3) is 2.95. The molecule has 0 aromatic heterocycles. The van der Waals surface area contributed by atoms with Crippen LogP contribution in [-0.2, 0) is 4.79 Å². The second kappa shape index (κ2) is 5.11. The normalized spacial score (nSPS) is 12.6. The fourth-order valence-electron chi connectivity index (χ4n) is 1.18. The van der Waals surface area contributed by atoms with Gasteiger partial charge in [0.05, 0.1) is 16.9 Å². The Hall–Kier alpha value is -2.10. The maximum Gasteiger partial charge on any atom is 0.164 e. The van der Waals surface area contributed by atoms with E-state index in [0.29, 0.717) is 11.4 Å². The van der Waals surface area contributed by atoms with Crippen molar-refractivity contribution in [1.29, 1.82) is 0 Å². The van der Waals surface area contributed by atoms with Crippen molar-refractivity contribution in [2.45, 2.75) is 13.8 Å². The summed E-state index contributed by atoms with van der Waals surface area (Å²) >= 11 is 0. The van der Waals surface area contributed by atoms with Crippen LogP contribution in [0.5, 0.6) is 0 Å². The summed E-state index contributed by atoms with van der Waals surface area (Å²) in [7, 11) is 0. The number of ketones is 1. The SMILES string of the molecule is CC(=O)/C(C=Nc1ccccc1N)=C(\C)O. The molecule has 0 saturated carbocycles. The van der Waals surface area contributed by atoms with Gasteiger partial charge in [0.2, 0.25) is 0 Å². The zero-order valence-electron chi connectivity index (χ0n) is 9.27. The Morgan fingerprint density at radius 2 is 2.00 bits per heavy atom. The lowest BCUT2D eigenvalue weighted by molar-refractivity contribution is -0.113. The Balaban J connectivity index is 3.02. The highest BCUT2D eigenvalue weighted by molar-refractivity contribution is 6.13. The maximum absolute atomic E-state index is 11.2. The summed E-state index contributed by atoms with van der Waals surface area (Å²) in [6.07, 6.45) is 1.32. The minimum Gasteiger partial charge on any atom is -0.512 e. The number of carbonyl (C=O) groups excluding carboxylic acids is 1. The van der Waals surface area contributed by atoms with Crippen molar-refractivity contribution in [3.8, 4) is 0 Å². The number of hydrogen-bond donors (Lipinski definition) is 2. The average Bonchev–Trinajstić information content (AvgIpc) is 2.20. The molecule has 16 heavy (non-hydrogen) atoms. The molecule has 4 heteroatoms. The van der Waals surface area contributed by atoms with E-state index >= 15 is 0 Å². The molecule has 3 N–H and O–H groups in total. The number of para-hydroxylation sites is 2. The second-order valence-electron chi connectivity index (χ2n) is 3.37. The molecule has 0 atom stereocenters. The molecule has 0 fully saturated rings. The molecule has 1 aromatic rings. The number of anilines is 1. The van der Waals surface area contributed by atoms with Gasteiger partial charge in [-0.1, -0.05) is 12.1 Å². The molecule has 1 aromatic carbocycles. The van der Waals surface area contributed by atoms with E-state index in [0.717, 1.165) is 0 Å². The summed E-state index contributed by atoms with van der Waals surface area (Å²) in [6.45, 7) is 2.81. The van der Waals surface area contributed by atoms with E-state index in [1.807, 2.05) is 0 Å². The third-order valence-corrected chi connectivity index (χ3v) is 2.04. The van der Waals surface area contributed by atoms with Crippen LogP contribution in [0.1, 0.15) is 13.8 Å². The molecule has 0 spiro atoms. The maximum atomic E-state index is 11.2. The lowest BCUT2D eigenvalue weighted by Gasteiger charge is -2.00. The summed E-state index contributed by atoms with van der Waals surface area (Å²) in [5.41, 5.74) is 6.96. The monoisotopic (exact) mass is 218 g/mol. The Morgan fingerprint density at radius 1 is 1.38 bits per heavy atom. The number of nitrogens with two attached hydrogens (primary N) is 1. The summed E-state index contributed by atoms with van der Waals surface area (Å²) in [5.74, 6) is -0.288. The Kier molecular flexibility index (Phi) is 3.83. The molecule has 0 aliphatic carbocycles. The predicted molar refractivity (Wildman–Crippen MR) is 65.0 cm³/mol. The second-order valence-corrected chi connectivity index (χ2v) is 3.37. The highest BCUT2D eigenvalue weighted by Gasteiger charge is 2.04. The molecule has 1 rings (SSSR count). The topological polar surface area (TPSA) is 75.7 Å². The number of nitrogens with zero attached hydrogens (tertiary/aromatic N) is 1. The van der Waals surface area contributed by atoms with E-state index in [1.165, 1.54) is 20.1 Å². The Labute approximate surface area is 94.1 Å². The van der Waals surface area contributed by atoms with Gasteiger partial charge in [0.15, 0.2) is 5.78 Å². The van der Waals surface area contributed by atoms with E-state index in [2.05, 4.69) is 4.99 Å².